The van der Waals surface area contributed by atoms with Crippen LogP contribution in [0.3, 0.4) is 0 Å². The van der Waals surface area contributed by atoms with Crippen LogP contribution in [-0.4, -0.2) is 10.8 Å². The molecule has 112 valence electrons. The van der Waals surface area contributed by atoms with E-state index in [1.807, 2.05) is 55.5 Å². The molecule has 2 N–H and O–H groups in total. The maximum atomic E-state index is 12.7. The molecular weight excluding hydrogens is 296 g/mol. The van der Waals surface area contributed by atoms with Gasteiger partial charge in [-0.2, -0.15) is 0 Å². The fourth-order valence-corrected chi connectivity index (χ4v) is 2.41. The lowest BCUT2D eigenvalue weighted by molar-refractivity contribution is 0.104. The summed E-state index contributed by atoms with van der Waals surface area (Å²) in [4.78, 5) is 16.8. The number of fused-ring (bicyclic) bond motifs is 1. The van der Waals surface area contributed by atoms with Crippen LogP contribution in [0.25, 0.3) is 10.8 Å². The first-order valence-electron chi connectivity index (χ1n) is 6.90. The second-order valence-corrected chi connectivity index (χ2v) is 5.14. The minimum absolute atomic E-state index is 0. The third-order valence-electron chi connectivity index (χ3n) is 3.62. The largest absolute Gasteiger partial charge is 0.324 e. The highest BCUT2D eigenvalue weighted by Gasteiger charge is 2.12. The lowest BCUT2D eigenvalue weighted by Crippen LogP contribution is -2.06. The predicted molar refractivity (Wildman–Crippen MR) is 91.5 cm³/mol. The van der Waals surface area contributed by atoms with Crippen molar-refractivity contribution in [3.8, 4) is 0 Å². The van der Waals surface area contributed by atoms with E-state index in [-0.39, 0.29) is 24.2 Å². The lowest BCUT2D eigenvalue weighted by atomic mass is 9.97. The highest BCUT2D eigenvalue weighted by atomic mass is 35.5. The zero-order chi connectivity index (χ0) is 14.8. The number of benzene rings is 2. The van der Waals surface area contributed by atoms with Gasteiger partial charge in [0.1, 0.15) is 0 Å². The number of rotatable bonds is 3. The number of pyridine rings is 1. The minimum Gasteiger partial charge on any atom is -0.324 e. The number of nitrogens with two attached hydrogens (primary N) is 1. The highest BCUT2D eigenvalue weighted by molar-refractivity contribution is 6.16. The van der Waals surface area contributed by atoms with Crippen LogP contribution in [0.4, 0.5) is 0 Å². The van der Waals surface area contributed by atoms with Gasteiger partial charge in [-0.3, -0.25) is 9.78 Å². The molecule has 1 aromatic heterocycles. The second-order valence-electron chi connectivity index (χ2n) is 5.14. The summed E-state index contributed by atoms with van der Waals surface area (Å²) in [6.07, 6.45) is 3.48. The van der Waals surface area contributed by atoms with Gasteiger partial charge < -0.3 is 5.73 Å². The molecule has 4 heteroatoms. The Morgan fingerprint density at radius 2 is 1.82 bits per heavy atom. The fraction of sp³-hybridized carbons (Fsp3) is 0.111. The van der Waals surface area contributed by atoms with Crippen LogP contribution < -0.4 is 5.73 Å². The summed E-state index contributed by atoms with van der Waals surface area (Å²) in [6.45, 7) is 1.93. The van der Waals surface area contributed by atoms with Crippen molar-refractivity contribution >= 4 is 29.0 Å². The van der Waals surface area contributed by atoms with Gasteiger partial charge in [0.25, 0.3) is 0 Å². The number of ketones is 1. The van der Waals surface area contributed by atoms with Gasteiger partial charge in [-0.1, -0.05) is 42.5 Å². The third-order valence-corrected chi connectivity index (χ3v) is 3.62. The zero-order valence-corrected chi connectivity index (χ0v) is 13.0. The Balaban J connectivity index is 0.00000176. The standard InChI is InChI=1S/C18H16N2O.ClH/c1-12(19)13-5-7-14(8-6-13)18(21)17-4-2-3-15-11-20-10-9-16(15)17;/h2-12H,19H2,1H3;1H. The summed E-state index contributed by atoms with van der Waals surface area (Å²) in [6, 6.07) is 15.0. The van der Waals surface area contributed by atoms with Crippen molar-refractivity contribution in [2.75, 3.05) is 0 Å². The predicted octanol–water partition coefficient (Wildman–Crippen LogP) is 3.91. The molecule has 22 heavy (non-hydrogen) atoms. The Morgan fingerprint density at radius 1 is 1.09 bits per heavy atom. The Bertz CT molecular complexity index is 792. The van der Waals surface area contributed by atoms with E-state index in [4.69, 9.17) is 5.73 Å². The zero-order valence-electron chi connectivity index (χ0n) is 12.2. The quantitative estimate of drug-likeness (QED) is 0.746. The first-order chi connectivity index (χ1) is 10.2. The molecule has 0 aliphatic carbocycles. The van der Waals surface area contributed by atoms with Gasteiger partial charge >= 0.3 is 0 Å². The number of aromatic nitrogens is 1. The molecule has 0 saturated carbocycles. The number of halogens is 1. The van der Waals surface area contributed by atoms with Gasteiger partial charge in [0.15, 0.2) is 5.78 Å². The molecule has 0 spiro atoms. The third kappa shape index (κ3) is 3.01. The molecular formula is C18H17ClN2O. The molecule has 3 aromatic rings. The maximum absolute atomic E-state index is 12.7. The molecule has 3 nitrogen and oxygen atoms in total. The van der Waals surface area contributed by atoms with Crippen molar-refractivity contribution in [1.29, 1.82) is 0 Å². The summed E-state index contributed by atoms with van der Waals surface area (Å²) >= 11 is 0. The molecule has 0 radical (unpaired) electrons. The Hall–Kier alpha value is -2.23. The SMILES string of the molecule is CC(N)c1ccc(C(=O)c2cccc3cnccc23)cc1.Cl. The van der Waals surface area contributed by atoms with E-state index < -0.39 is 0 Å². The van der Waals surface area contributed by atoms with Crippen molar-refractivity contribution < 1.29 is 4.79 Å². The molecule has 2 aromatic carbocycles. The van der Waals surface area contributed by atoms with Crippen molar-refractivity contribution in [3.63, 3.8) is 0 Å². The van der Waals surface area contributed by atoms with Crippen LogP contribution in [0.1, 0.15) is 34.5 Å². The molecule has 1 atom stereocenters. The molecule has 0 fully saturated rings. The number of nitrogens with zero attached hydrogens (tertiary/aromatic N) is 1. The van der Waals surface area contributed by atoms with Crippen molar-refractivity contribution in [2.24, 2.45) is 5.73 Å². The normalized spacial score (nSPS) is 11.7. The van der Waals surface area contributed by atoms with E-state index in [1.54, 1.807) is 12.4 Å². The number of carbonyl (C=O) groups is 1. The van der Waals surface area contributed by atoms with Crippen LogP contribution in [-0.2, 0) is 0 Å². The minimum atomic E-state index is -0.0298. The molecule has 1 unspecified atom stereocenters. The van der Waals surface area contributed by atoms with E-state index in [0.717, 1.165) is 16.3 Å². The fourth-order valence-electron chi connectivity index (χ4n) is 2.41. The summed E-state index contributed by atoms with van der Waals surface area (Å²) in [5.74, 6) is 0.0167. The molecule has 0 saturated heterocycles. The lowest BCUT2D eigenvalue weighted by Gasteiger charge is -2.08. The smallest absolute Gasteiger partial charge is 0.193 e. The monoisotopic (exact) mass is 312 g/mol. The average molecular weight is 313 g/mol. The Labute approximate surface area is 135 Å². The first-order valence-corrected chi connectivity index (χ1v) is 6.90. The number of carbonyl (C=O) groups excluding carboxylic acids is 1. The highest BCUT2D eigenvalue weighted by Crippen LogP contribution is 2.21. The van der Waals surface area contributed by atoms with Crippen LogP contribution >= 0.6 is 12.4 Å². The van der Waals surface area contributed by atoms with Crippen LogP contribution in [0.15, 0.2) is 60.9 Å². The summed E-state index contributed by atoms with van der Waals surface area (Å²) in [5, 5.41) is 1.89. The van der Waals surface area contributed by atoms with Gasteiger partial charge in [0.05, 0.1) is 0 Å². The molecule has 0 bridgehead atoms. The van der Waals surface area contributed by atoms with E-state index in [0.29, 0.717) is 11.1 Å². The molecule has 0 amide bonds. The van der Waals surface area contributed by atoms with E-state index in [2.05, 4.69) is 4.98 Å². The van der Waals surface area contributed by atoms with Crippen LogP contribution in [0.5, 0.6) is 0 Å². The number of hydrogen-bond donors (Lipinski definition) is 1. The number of hydrogen-bond acceptors (Lipinski definition) is 3. The molecule has 0 aliphatic heterocycles. The van der Waals surface area contributed by atoms with Gasteiger partial charge in [0.2, 0.25) is 0 Å². The average Bonchev–Trinajstić information content (AvgIpc) is 2.53. The van der Waals surface area contributed by atoms with E-state index in [9.17, 15) is 4.79 Å². The topological polar surface area (TPSA) is 56.0 Å². The summed E-state index contributed by atoms with van der Waals surface area (Å²) in [7, 11) is 0. The van der Waals surface area contributed by atoms with E-state index >= 15 is 0 Å². The van der Waals surface area contributed by atoms with Gasteiger partial charge in [0, 0.05) is 34.9 Å². The van der Waals surface area contributed by atoms with Gasteiger partial charge in [-0.15, -0.1) is 12.4 Å². The molecule has 1 heterocycles. The van der Waals surface area contributed by atoms with Crippen molar-refractivity contribution in [3.05, 3.63) is 77.6 Å². The molecule has 3 rings (SSSR count). The Morgan fingerprint density at radius 3 is 2.50 bits per heavy atom. The summed E-state index contributed by atoms with van der Waals surface area (Å²) in [5.41, 5.74) is 8.22. The Kier molecular flexibility index (Phi) is 4.91. The maximum Gasteiger partial charge on any atom is 0.193 e. The van der Waals surface area contributed by atoms with Crippen molar-refractivity contribution in [1.82, 2.24) is 4.98 Å². The molecule has 0 aliphatic rings. The van der Waals surface area contributed by atoms with Gasteiger partial charge in [-0.05, 0) is 23.9 Å². The van der Waals surface area contributed by atoms with Crippen LogP contribution in [0.2, 0.25) is 0 Å². The van der Waals surface area contributed by atoms with Crippen LogP contribution in [0, 0.1) is 0 Å². The van der Waals surface area contributed by atoms with Gasteiger partial charge in [-0.25, -0.2) is 0 Å². The summed E-state index contributed by atoms with van der Waals surface area (Å²) < 4.78 is 0. The van der Waals surface area contributed by atoms with Crippen molar-refractivity contribution in [2.45, 2.75) is 13.0 Å². The first kappa shape index (κ1) is 16.1. The second kappa shape index (κ2) is 6.69. The van der Waals surface area contributed by atoms with E-state index in [1.165, 1.54) is 0 Å².